The molecule has 3 fully saturated rings. The minimum atomic E-state index is 0.209. The van der Waals surface area contributed by atoms with Crippen LogP contribution in [0.4, 0.5) is 0 Å². The fourth-order valence-corrected chi connectivity index (χ4v) is 5.96. The number of benzene rings is 1. The lowest BCUT2D eigenvalue weighted by Crippen LogP contribution is -2.52. The van der Waals surface area contributed by atoms with Gasteiger partial charge in [-0.15, -0.1) is 0 Å². The van der Waals surface area contributed by atoms with Crippen molar-refractivity contribution in [3.05, 3.63) is 36.0 Å². The molecule has 2 saturated carbocycles. The Morgan fingerprint density at radius 1 is 0.833 bits per heavy atom. The summed E-state index contributed by atoms with van der Waals surface area (Å²) < 4.78 is 2.37. The van der Waals surface area contributed by atoms with Gasteiger partial charge in [-0.1, -0.05) is 37.5 Å². The van der Waals surface area contributed by atoms with E-state index in [1.807, 2.05) is 0 Å². The normalized spacial score (nSPS) is 26.9. The highest BCUT2D eigenvalue weighted by molar-refractivity contribution is 6.07. The molecule has 30 heavy (non-hydrogen) atoms. The lowest BCUT2D eigenvalue weighted by atomic mass is 9.91. The molecule has 2 aliphatic carbocycles. The maximum absolute atomic E-state index is 13.5. The number of carbonyl (C=O) groups excluding carboxylic acids is 1. The smallest absolute Gasteiger partial charge is 0.256 e. The standard InChI is InChI=1S/C25H36N4O/c26-19-10-12-21(13-11-19)29-18-23(22-8-4-5-9-24(22)29)25(30)28-16-14-27(15-17-28)20-6-2-1-3-7-20/h4-5,8-9,18-21H,1-3,6-7,10-17,26H2. The van der Waals surface area contributed by atoms with E-state index < -0.39 is 0 Å². The minimum Gasteiger partial charge on any atom is -0.344 e. The largest absolute Gasteiger partial charge is 0.344 e. The van der Waals surface area contributed by atoms with Crippen molar-refractivity contribution in [2.24, 2.45) is 5.73 Å². The molecule has 1 aromatic carbocycles. The van der Waals surface area contributed by atoms with Gasteiger partial charge in [0.25, 0.3) is 5.91 Å². The molecule has 2 N–H and O–H groups in total. The second kappa shape index (κ2) is 8.72. The van der Waals surface area contributed by atoms with Gasteiger partial charge in [0.2, 0.25) is 0 Å². The number of rotatable bonds is 3. The number of nitrogens with zero attached hydrogens (tertiary/aromatic N) is 3. The number of para-hydroxylation sites is 1. The van der Waals surface area contributed by atoms with E-state index >= 15 is 0 Å². The lowest BCUT2D eigenvalue weighted by molar-refractivity contribution is 0.0524. The number of hydrogen-bond acceptors (Lipinski definition) is 3. The van der Waals surface area contributed by atoms with Crippen molar-refractivity contribution < 1.29 is 4.79 Å². The SMILES string of the molecule is NC1CCC(n2cc(C(=O)N3CCN(C4CCCCC4)CC3)c3ccccc32)CC1. The Balaban J connectivity index is 1.33. The number of nitrogens with two attached hydrogens (primary N) is 1. The summed E-state index contributed by atoms with van der Waals surface area (Å²) in [4.78, 5) is 18.2. The summed E-state index contributed by atoms with van der Waals surface area (Å²) in [6.45, 7) is 3.76. The number of aromatic nitrogens is 1. The Morgan fingerprint density at radius 2 is 1.53 bits per heavy atom. The highest BCUT2D eigenvalue weighted by atomic mass is 16.2. The van der Waals surface area contributed by atoms with Crippen LogP contribution >= 0.6 is 0 Å². The van der Waals surface area contributed by atoms with Gasteiger partial charge in [-0.2, -0.15) is 0 Å². The molecule has 0 radical (unpaired) electrons. The Kier molecular flexibility index (Phi) is 5.83. The van der Waals surface area contributed by atoms with Crippen molar-refractivity contribution in [1.29, 1.82) is 0 Å². The van der Waals surface area contributed by atoms with Gasteiger partial charge in [0.05, 0.1) is 5.56 Å². The van der Waals surface area contributed by atoms with Crippen LogP contribution in [0.3, 0.4) is 0 Å². The highest BCUT2D eigenvalue weighted by Crippen LogP contribution is 2.33. The third-order valence-electron chi connectivity index (χ3n) is 7.80. The molecule has 0 atom stereocenters. The Morgan fingerprint density at radius 3 is 2.27 bits per heavy atom. The zero-order valence-corrected chi connectivity index (χ0v) is 18.1. The van der Waals surface area contributed by atoms with Gasteiger partial charge in [-0.3, -0.25) is 9.69 Å². The van der Waals surface area contributed by atoms with Gasteiger partial charge < -0.3 is 15.2 Å². The molecule has 1 saturated heterocycles. The quantitative estimate of drug-likeness (QED) is 0.829. The number of fused-ring (bicyclic) bond motifs is 1. The van der Waals surface area contributed by atoms with E-state index in [0.717, 1.165) is 68.9 Å². The van der Waals surface area contributed by atoms with Crippen molar-refractivity contribution >= 4 is 16.8 Å². The zero-order chi connectivity index (χ0) is 20.5. The van der Waals surface area contributed by atoms with Gasteiger partial charge in [0, 0.05) is 61.4 Å². The first-order valence-electron chi connectivity index (χ1n) is 12.1. The Hall–Kier alpha value is -1.85. The summed E-state index contributed by atoms with van der Waals surface area (Å²) >= 11 is 0. The average Bonchev–Trinajstić information content (AvgIpc) is 3.20. The van der Waals surface area contributed by atoms with Crippen LogP contribution in [-0.2, 0) is 0 Å². The molecule has 5 heteroatoms. The number of amides is 1. The second-order valence-electron chi connectivity index (χ2n) is 9.66. The summed E-state index contributed by atoms with van der Waals surface area (Å²) in [5.74, 6) is 0.209. The summed E-state index contributed by atoms with van der Waals surface area (Å²) in [6.07, 6.45) is 13.3. The van der Waals surface area contributed by atoms with Crippen LogP contribution in [0.25, 0.3) is 10.9 Å². The summed E-state index contributed by atoms with van der Waals surface area (Å²) in [5.41, 5.74) is 8.21. The molecule has 1 aromatic heterocycles. The highest BCUT2D eigenvalue weighted by Gasteiger charge is 2.30. The van der Waals surface area contributed by atoms with E-state index in [1.54, 1.807) is 0 Å². The molecule has 1 aliphatic heterocycles. The second-order valence-corrected chi connectivity index (χ2v) is 9.66. The van der Waals surface area contributed by atoms with Crippen molar-refractivity contribution in [2.75, 3.05) is 26.2 Å². The maximum Gasteiger partial charge on any atom is 0.256 e. The van der Waals surface area contributed by atoms with Crippen LogP contribution in [0.2, 0.25) is 0 Å². The predicted molar refractivity (Wildman–Crippen MR) is 122 cm³/mol. The number of carbonyl (C=O) groups is 1. The topological polar surface area (TPSA) is 54.5 Å². The molecule has 0 unspecified atom stereocenters. The van der Waals surface area contributed by atoms with Crippen molar-refractivity contribution in [1.82, 2.24) is 14.4 Å². The van der Waals surface area contributed by atoms with Crippen molar-refractivity contribution in [3.8, 4) is 0 Å². The lowest BCUT2D eigenvalue weighted by Gasteiger charge is -2.40. The van der Waals surface area contributed by atoms with E-state index in [4.69, 9.17) is 5.73 Å². The number of hydrogen-bond donors (Lipinski definition) is 1. The molecule has 5 rings (SSSR count). The average molecular weight is 409 g/mol. The monoisotopic (exact) mass is 408 g/mol. The van der Waals surface area contributed by atoms with Gasteiger partial charge in [-0.25, -0.2) is 0 Å². The van der Waals surface area contributed by atoms with Gasteiger partial charge in [-0.05, 0) is 44.6 Å². The maximum atomic E-state index is 13.5. The van der Waals surface area contributed by atoms with E-state index in [-0.39, 0.29) is 5.91 Å². The van der Waals surface area contributed by atoms with Crippen LogP contribution in [0.1, 0.15) is 74.2 Å². The molecule has 162 valence electrons. The molecular formula is C25H36N4O. The van der Waals surface area contributed by atoms with E-state index in [0.29, 0.717) is 12.1 Å². The molecule has 0 spiro atoms. The van der Waals surface area contributed by atoms with E-state index in [9.17, 15) is 4.79 Å². The summed E-state index contributed by atoms with van der Waals surface area (Å²) in [5, 5.41) is 1.10. The van der Waals surface area contributed by atoms with Crippen LogP contribution in [0.5, 0.6) is 0 Å². The molecule has 2 heterocycles. The van der Waals surface area contributed by atoms with Crippen LogP contribution < -0.4 is 5.73 Å². The Bertz CT molecular complexity index is 868. The molecule has 5 nitrogen and oxygen atoms in total. The van der Waals surface area contributed by atoms with Crippen LogP contribution in [0.15, 0.2) is 30.5 Å². The first-order chi connectivity index (χ1) is 14.7. The van der Waals surface area contributed by atoms with Crippen molar-refractivity contribution in [3.63, 3.8) is 0 Å². The van der Waals surface area contributed by atoms with Gasteiger partial charge in [0.1, 0.15) is 0 Å². The van der Waals surface area contributed by atoms with E-state index in [1.165, 1.54) is 37.6 Å². The van der Waals surface area contributed by atoms with Gasteiger partial charge >= 0.3 is 0 Å². The molecule has 0 bridgehead atoms. The molecular weight excluding hydrogens is 372 g/mol. The molecule has 2 aromatic rings. The molecule has 3 aliphatic rings. The fourth-order valence-electron chi connectivity index (χ4n) is 5.96. The van der Waals surface area contributed by atoms with E-state index in [2.05, 4.69) is 44.8 Å². The number of piperazine rings is 1. The first-order valence-corrected chi connectivity index (χ1v) is 12.1. The Labute approximate surface area is 180 Å². The van der Waals surface area contributed by atoms with Crippen molar-refractivity contribution in [2.45, 2.75) is 75.9 Å². The van der Waals surface area contributed by atoms with Crippen LogP contribution in [-0.4, -0.2) is 58.5 Å². The zero-order valence-electron chi connectivity index (χ0n) is 18.1. The van der Waals surface area contributed by atoms with Crippen LogP contribution in [0, 0.1) is 0 Å². The van der Waals surface area contributed by atoms with Gasteiger partial charge in [0.15, 0.2) is 0 Å². The molecule has 1 amide bonds. The third kappa shape index (κ3) is 3.90. The third-order valence-corrected chi connectivity index (χ3v) is 7.80. The predicted octanol–water partition coefficient (Wildman–Crippen LogP) is 4.17. The minimum absolute atomic E-state index is 0.209. The fraction of sp³-hybridized carbons (Fsp3) is 0.640. The summed E-state index contributed by atoms with van der Waals surface area (Å²) in [7, 11) is 0. The first kappa shape index (κ1) is 20.1. The summed E-state index contributed by atoms with van der Waals surface area (Å²) in [6, 6.07) is 9.97.